The molecule has 0 unspecified atom stereocenters. The number of ether oxygens (including phenoxy) is 2. The average Bonchev–Trinajstić information content (AvgIpc) is 3.58. The molecule has 0 spiro atoms. The zero-order valence-electron chi connectivity index (χ0n) is 20.9. The highest BCUT2D eigenvalue weighted by atomic mass is 19.4. The van der Waals surface area contributed by atoms with E-state index < -0.39 is 17.9 Å². The number of benzene rings is 1. The fourth-order valence-electron chi connectivity index (χ4n) is 4.18. The Morgan fingerprint density at radius 3 is 2.34 bits per heavy atom. The van der Waals surface area contributed by atoms with Crippen LogP contribution in [0.3, 0.4) is 0 Å². The van der Waals surface area contributed by atoms with Crippen LogP contribution >= 0.6 is 0 Å². The van der Waals surface area contributed by atoms with Crippen LogP contribution in [0.5, 0.6) is 5.75 Å². The highest BCUT2D eigenvalue weighted by Gasteiger charge is 2.31. The molecule has 1 aliphatic heterocycles. The van der Waals surface area contributed by atoms with Gasteiger partial charge in [0.25, 0.3) is 0 Å². The van der Waals surface area contributed by atoms with E-state index in [9.17, 15) is 17.6 Å². The molecule has 2 fully saturated rings. The lowest BCUT2D eigenvalue weighted by molar-refractivity contribution is -0.274. The van der Waals surface area contributed by atoms with Gasteiger partial charge in [0.2, 0.25) is 0 Å². The Morgan fingerprint density at radius 1 is 0.974 bits per heavy atom. The molecule has 4 aromatic rings. The number of hydrogen-bond donors (Lipinski definition) is 0. The average molecular weight is 531 g/mol. The SMILES string of the molecule is Cc1nc2nc(C3CCOCC3)nc(-c3ccc(OC(F)(F)F)cc3F)c2nc1C.c1cnn(C2CC2)c1. The van der Waals surface area contributed by atoms with Gasteiger partial charge in [-0.3, -0.25) is 4.68 Å². The standard InChI is InChI=1S/C20H18F4N4O2.C6H8N2/c1-10-11(2)26-19-17(25-10)16(27-18(28-19)12-5-7-29-8-6-12)14-4-3-13(9-15(14)21)30-20(22,23)24;1-4-7-8(5-1)6-2-3-6/h3-4,9,12H,5-8H2,1-2H3;1,4-6H,2-3H2. The van der Waals surface area contributed by atoms with E-state index in [2.05, 4.69) is 29.8 Å². The van der Waals surface area contributed by atoms with Gasteiger partial charge >= 0.3 is 6.36 Å². The number of fused-ring (bicyclic) bond motifs is 1. The van der Waals surface area contributed by atoms with Crippen molar-refractivity contribution in [3.63, 3.8) is 0 Å². The van der Waals surface area contributed by atoms with E-state index in [4.69, 9.17) is 4.74 Å². The summed E-state index contributed by atoms with van der Waals surface area (Å²) in [5, 5.41) is 4.09. The van der Waals surface area contributed by atoms with Crippen molar-refractivity contribution >= 4 is 11.2 Å². The van der Waals surface area contributed by atoms with Gasteiger partial charge in [-0.25, -0.2) is 24.3 Å². The highest BCUT2D eigenvalue weighted by Crippen LogP contribution is 2.34. The van der Waals surface area contributed by atoms with Gasteiger partial charge in [0.1, 0.15) is 28.6 Å². The maximum Gasteiger partial charge on any atom is 0.573 e. The van der Waals surface area contributed by atoms with Gasteiger partial charge < -0.3 is 9.47 Å². The molecule has 4 heterocycles. The first-order valence-corrected chi connectivity index (χ1v) is 12.3. The van der Waals surface area contributed by atoms with Gasteiger partial charge in [0.15, 0.2) is 5.65 Å². The van der Waals surface area contributed by atoms with Crippen LogP contribution in [0.15, 0.2) is 36.7 Å². The number of aryl methyl sites for hydroxylation is 2. The molecular formula is C26H26F4N6O2. The maximum atomic E-state index is 14.8. The summed E-state index contributed by atoms with van der Waals surface area (Å²) < 4.78 is 63.4. The molecule has 0 radical (unpaired) electrons. The largest absolute Gasteiger partial charge is 0.573 e. The Kier molecular flexibility index (Phi) is 7.24. The third-order valence-corrected chi connectivity index (χ3v) is 6.42. The molecule has 6 rings (SSSR count). The molecule has 0 amide bonds. The Balaban J connectivity index is 0.000000310. The van der Waals surface area contributed by atoms with Crippen LogP contribution in [-0.4, -0.2) is 49.3 Å². The first-order chi connectivity index (χ1) is 18.2. The van der Waals surface area contributed by atoms with Crippen LogP contribution in [-0.2, 0) is 4.74 Å². The molecule has 12 heteroatoms. The van der Waals surface area contributed by atoms with Crippen molar-refractivity contribution in [3.8, 4) is 17.0 Å². The van der Waals surface area contributed by atoms with Gasteiger partial charge in [-0.05, 0) is 57.7 Å². The van der Waals surface area contributed by atoms with Crippen LogP contribution in [0.25, 0.3) is 22.4 Å². The smallest absolute Gasteiger partial charge is 0.406 e. The Morgan fingerprint density at radius 2 is 1.71 bits per heavy atom. The fraction of sp³-hybridized carbons (Fsp3) is 0.423. The predicted octanol–water partition coefficient (Wildman–Crippen LogP) is 5.85. The topological polar surface area (TPSA) is 87.8 Å². The number of rotatable bonds is 4. The summed E-state index contributed by atoms with van der Waals surface area (Å²) in [7, 11) is 0. The van der Waals surface area contributed by atoms with E-state index in [0.717, 1.165) is 12.1 Å². The van der Waals surface area contributed by atoms with Gasteiger partial charge in [-0.1, -0.05) is 0 Å². The molecule has 38 heavy (non-hydrogen) atoms. The summed E-state index contributed by atoms with van der Waals surface area (Å²) in [5.74, 6) is -1.05. The van der Waals surface area contributed by atoms with Gasteiger partial charge in [-0.2, -0.15) is 5.10 Å². The van der Waals surface area contributed by atoms with E-state index in [-0.39, 0.29) is 22.7 Å². The van der Waals surface area contributed by atoms with Crippen molar-refractivity contribution < 1.29 is 27.0 Å². The zero-order chi connectivity index (χ0) is 26.9. The van der Waals surface area contributed by atoms with E-state index in [0.29, 0.717) is 55.0 Å². The van der Waals surface area contributed by atoms with Crippen molar-refractivity contribution in [2.24, 2.45) is 0 Å². The molecular weight excluding hydrogens is 504 g/mol. The van der Waals surface area contributed by atoms with Crippen molar-refractivity contribution in [1.82, 2.24) is 29.7 Å². The van der Waals surface area contributed by atoms with Crippen LogP contribution < -0.4 is 4.74 Å². The fourth-order valence-corrected chi connectivity index (χ4v) is 4.18. The molecule has 0 N–H and O–H groups in total. The lowest BCUT2D eigenvalue weighted by Gasteiger charge is -2.21. The van der Waals surface area contributed by atoms with Crippen molar-refractivity contribution in [1.29, 1.82) is 0 Å². The normalized spacial score (nSPS) is 16.3. The lowest BCUT2D eigenvalue weighted by Crippen LogP contribution is -2.18. The number of aromatic nitrogens is 6. The summed E-state index contributed by atoms with van der Waals surface area (Å²) in [6.45, 7) is 4.69. The Bertz CT molecular complexity index is 1420. The molecule has 1 saturated heterocycles. The second-order valence-electron chi connectivity index (χ2n) is 9.29. The first-order valence-electron chi connectivity index (χ1n) is 12.3. The summed E-state index contributed by atoms with van der Waals surface area (Å²) >= 11 is 0. The molecule has 0 atom stereocenters. The zero-order valence-corrected chi connectivity index (χ0v) is 20.9. The van der Waals surface area contributed by atoms with Crippen LogP contribution in [0.2, 0.25) is 0 Å². The minimum Gasteiger partial charge on any atom is -0.406 e. The second kappa shape index (κ2) is 10.6. The highest BCUT2D eigenvalue weighted by molar-refractivity contribution is 5.87. The minimum absolute atomic E-state index is 0.00258. The molecule has 1 saturated carbocycles. The number of hydrogen-bond acceptors (Lipinski definition) is 7. The van der Waals surface area contributed by atoms with Crippen LogP contribution in [0, 0.1) is 19.7 Å². The predicted molar refractivity (Wildman–Crippen MR) is 130 cm³/mol. The molecule has 1 aromatic carbocycles. The minimum atomic E-state index is -4.91. The van der Waals surface area contributed by atoms with Crippen molar-refractivity contribution in [2.45, 2.75) is 57.9 Å². The summed E-state index contributed by atoms with van der Waals surface area (Å²) in [6.07, 6.45) is 3.01. The van der Waals surface area contributed by atoms with E-state index in [1.165, 1.54) is 18.9 Å². The van der Waals surface area contributed by atoms with Crippen LogP contribution in [0.4, 0.5) is 17.6 Å². The molecule has 0 bridgehead atoms. The van der Waals surface area contributed by atoms with Crippen molar-refractivity contribution in [2.75, 3.05) is 13.2 Å². The summed E-state index contributed by atoms with van der Waals surface area (Å²) in [4.78, 5) is 18.0. The summed E-state index contributed by atoms with van der Waals surface area (Å²) in [6, 6.07) is 5.63. The quantitative estimate of drug-likeness (QED) is 0.306. The van der Waals surface area contributed by atoms with E-state index >= 15 is 0 Å². The molecule has 1 aliphatic carbocycles. The molecule has 2 aliphatic rings. The van der Waals surface area contributed by atoms with Crippen molar-refractivity contribution in [3.05, 3.63) is 59.7 Å². The molecule has 200 valence electrons. The second-order valence-corrected chi connectivity index (χ2v) is 9.29. The van der Waals surface area contributed by atoms with E-state index in [1.807, 2.05) is 23.1 Å². The maximum absolute atomic E-state index is 14.8. The Labute approximate surface area is 216 Å². The van der Waals surface area contributed by atoms with E-state index in [1.54, 1.807) is 13.8 Å². The first kappa shape index (κ1) is 26.0. The lowest BCUT2D eigenvalue weighted by atomic mass is 9.99. The Hall–Kier alpha value is -3.67. The monoisotopic (exact) mass is 530 g/mol. The third kappa shape index (κ3) is 6.07. The third-order valence-electron chi connectivity index (χ3n) is 6.42. The number of halogens is 4. The number of alkyl halides is 3. The van der Waals surface area contributed by atoms with Gasteiger partial charge in [-0.15, -0.1) is 13.2 Å². The van der Waals surface area contributed by atoms with Gasteiger partial charge in [0.05, 0.1) is 17.4 Å². The van der Waals surface area contributed by atoms with Crippen LogP contribution in [0.1, 0.15) is 54.9 Å². The van der Waals surface area contributed by atoms with Gasteiger partial charge in [0, 0.05) is 43.2 Å². The molecule has 8 nitrogen and oxygen atoms in total. The summed E-state index contributed by atoms with van der Waals surface area (Å²) in [5.41, 5.74) is 2.11. The molecule has 3 aromatic heterocycles. The number of nitrogens with zero attached hydrogens (tertiary/aromatic N) is 6.